The van der Waals surface area contributed by atoms with Gasteiger partial charge in [0.15, 0.2) is 17.5 Å². The van der Waals surface area contributed by atoms with E-state index < -0.39 is 5.41 Å². The predicted molar refractivity (Wildman–Crippen MR) is 178 cm³/mol. The molecule has 1 aromatic heterocycles. The van der Waals surface area contributed by atoms with E-state index in [0.29, 0.717) is 17.5 Å². The first-order chi connectivity index (χ1) is 22.2. The molecule has 9 rings (SSSR count). The molecule has 0 saturated carbocycles. The van der Waals surface area contributed by atoms with E-state index in [0.717, 1.165) is 61.7 Å². The van der Waals surface area contributed by atoms with Crippen molar-refractivity contribution in [2.45, 2.75) is 5.41 Å². The molecule has 1 aliphatic heterocycles. The number of rotatable bonds is 3. The number of nitrogen functional groups attached to an aromatic ring is 1. The third kappa shape index (κ3) is 3.77. The molecule has 1 aliphatic carbocycles. The van der Waals surface area contributed by atoms with E-state index >= 15 is 0 Å². The van der Waals surface area contributed by atoms with Crippen molar-refractivity contribution >= 4 is 5.69 Å². The first-order valence-corrected chi connectivity index (χ1v) is 15.0. The van der Waals surface area contributed by atoms with Crippen LogP contribution in [0, 0.1) is 0 Å². The van der Waals surface area contributed by atoms with Crippen molar-refractivity contribution in [1.29, 1.82) is 0 Å². The Balaban J connectivity index is 1.31. The molecule has 0 radical (unpaired) electrons. The maximum atomic E-state index is 6.50. The fourth-order valence-corrected chi connectivity index (χ4v) is 7.00. The number of hydrogen-bond acceptors (Lipinski definition) is 5. The molecular weight excluding hydrogens is 552 g/mol. The average molecular weight is 579 g/mol. The smallest absolute Gasteiger partial charge is 0.164 e. The van der Waals surface area contributed by atoms with Gasteiger partial charge in [0.1, 0.15) is 11.5 Å². The van der Waals surface area contributed by atoms with Crippen molar-refractivity contribution in [3.63, 3.8) is 0 Å². The second-order valence-electron chi connectivity index (χ2n) is 11.4. The van der Waals surface area contributed by atoms with Gasteiger partial charge in [-0.15, -0.1) is 0 Å². The van der Waals surface area contributed by atoms with Crippen LogP contribution in [0.4, 0.5) is 5.69 Å². The van der Waals surface area contributed by atoms with Crippen molar-refractivity contribution in [1.82, 2.24) is 15.0 Å². The zero-order chi connectivity index (χ0) is 30.0. The molecule has 2 N–H and O–H groups in total. The van der Waals surface area contributed by atoms with Gasteiger partial charge in [0, 0.05) is 33.5 Å². The van der Waals surface area contributed by atoms with Gasteiger partial charge in [-0.05, 0) is 52.6 Å². The topological polar surface area (TPSA) is 73.9 Å². The van der Waals surface area contributed by atoms with Crippen LogP contribution in [-0.4, -0.2) is 15.0 Å². The van der Waals surface area contributed by atoms with Gasteiger partial charge < -0.3 is 10.5 Å². The van der Waals surface area contributed by atoms with E-state index in [-0.39, 0.29) is 0 Å². The third-order valence-corrected chi connectivity index (χ3v) is 8.92. The predicted octanol–water partition coefficient (Wildman–Crippen LogP) is 8.92. The highest BCUT2D eigenvalue weighted by Crippen LogP contribution is 2.62. The summed E-state index contributed by atoms with van der Waals surface area (Å²) in [7, 11) is 0. The maximum Gasteiger partial charge on any atom is 0.164 e. The number of aromatic nitrogens is 3. The molecule has 0 bridgehead atoms. The number of fused-ring (bicyclic) bond motifs is 9. The molecule has 6 aromatic carbocycles. The van der Waals surface area contributed by atoms with Gasteiger partial charge >= 0.3 is 0 Å². The van der Waals surface area contributed by atoms with Crippen molar-refractivity contribution in [2.24, 2.45) is 0 Å². The summed E-state index contributed by atoms with van der Waals surface area (Å²) in [5.41, 5.74) is 16.2. The highest BCUT2D eigenvalue weighted by Gasteiger charge is 2.51. The molecule has 5 nitrogen and oxygen atoms in total. The minimum absolute atomic E-state index is 0.590. The molecule has 2 aliphatic rings. The molecule has 1 spiro atoms. The molecule has 0 fully saturated rings. The second-order valence-corrected chi connectivity index (χ2v) is 11.4. The van der Waals surface area contributed by atoms with Gasteiger partial charge in [0.2, 0.25) is 0 Å². The number of hydrogen-bond donors (Lipinski definition) is 1. The Morgan fingerprint density at radius 3 is 1.56 bits per heavy atom. The van der Waals surface area contributed by atoms with E-state index in [1.165, 1.54) is 5.56 Å². The van der Waals surface area contributed by atoms with Crippen molar-refractivity contribution in [2.75, 3.05) is 5.73 Å². The standard InChI is InChI=1S/C40H26N4O/c41-28-20-21-29-30-23-27(39-43-37(25-11-3-1-4-12-25)42-38(44-39)26-13-5-2-6-14-26)19-22-31(30)40(34(29)24-28)32-15-7-9-17-35(32)45-36-18-10-8-16-33(36)40/h1-24H,41H2. The Kier molecular flexibility index (Phi) is 5.50. The number of nitrogens with two attached hydrogens (primary N) is 1. The maximum absolute atomic E-state index is 6.50. The van der Waals surface area contributed by atoms with Gasteiger partial charge in [-0.3, -0.25) is 0 Å². The van der Waals surface area contributed by atoms with Crippen molar-refractivity contribution < 1.29 is 4.74 Å². The fourth-order valence-electron chi connectivity index (χ4n) is 7.00. The lowest BCUT2D eigenvalue weighted by Gasteiger charge is -2.39. The van der Waals surface area contributed by atoms with Gasteiger partial charge in [0.25, 0.3) is 0 Å². The number of para-hydroxylation sites is 2. The molecular formula is C40H26N4O. The van der Waals surface area contributed by atoms with E-state index in [2.05, 4.69) is 54.6 Å². The molecule has 0 amide bonds. The van der Waals surface area contributed by atoms with Gasteiger partial charge in [-0.1, -0.05) is 115 Å². The number of nitrogens with zero attached hydrogens (tertiary/aromatic N) is 3. The summed E-state index contributed by atoms with van der Waals surface area (Å²) in [6.45, 7) is 0. The average Bonchev–Trinajstić information content (AvgIpc) is 3.38. The van der Waals surface area contributed by atoms with Crippen LogP contribution in [0.2, 0.25) is 0 Å². The number of anilines is 1. The summed E-state index contributed by atoms with van der Waals surface area (Å²) in [4.78, 5) is 14.9. The zero-order valence-electron chi connectivity index (χ0n) is 24.2. The van der Waals surface area contributed by atoms with E-state index in [1.54, 1.807) is 0 Å². The second kappa shape index (κ2) is 9.73. The highest BCUT2D eigenvalue weighted by atomic mass is 16.5. The zero-order valence-corrected chi connectivity index (χ0v) is 24.2. The lowest BCUT2D eigenvalue weighted by Crippen LogP contribution is -2.32. The molecule has 0 saturated heterocycles. The molecule has 212 valence electrons. The summed E-state index contributed by atoms with van der Waals surface area (Å²) in [5, 5.41) is 0. The first kappa shape index (κ1) is 25.4. The monoisotopic (exact) mass is 578 g/mol. The summed E-state index contributed by atoms with van der Waals surface area (Å²) in [6, 6.07) is 49.6. The van der Waals surface area contributed by atoms with E-state index in [1.807, 2.05) is 91.0 Å². The van der Waals surface area contributed by atoms with Crippen LogP contribution < -0.4 is 10.5 Å². The van der Waals surface area contributed by atoms with Crippen LogP contribution in [0.15, 0.2) is 146 Å². The SMILES string of the molecule is Nc1ccc2c(c1)C1(c3ccccc3Oc3ccccc31)c1ccc(-c3nc(-c4ccccc4)nc(-c4ccccc4)n3)cc1-2. The quantitative estimate of drug-likeness (QED) is 0.212. The van der Waals surface area contributed by atoms with Crippen LogP contribution in [0.3, 0.4) is 0 Å². The van der Waals surface area contributed by atoms with Crippen LogP contribution >= 0.6 is 0 Å². The summed E-state index contributed by atoms with van der Waals surface area (Å²) < 4.78 is 6.47. The normalized spacial score (nSPS) is 13.3. The Morgan fingerprint density at radius 1 is 0.422 bits per heavy atom. The Bertz CT molecular complexity index is 2160. The highest BCUT2D eigenvalue weighted by molar-refractivity contribution is 5.91. The third-order valence-electron chi connectivity index (χ3n) is 8.92. The molecule has 45 heavy (non-hydrogen) atoms. The lowest BCUT2D eigenvalue weighted by atomic mass is 9.66. The van der Waals surface area contributed by atoms with Crippen LogP contribution in [0.1, 0.15) is 22.3 Å². The molecule has 7 aromatic rings. The summed E-state index contributed by atoms with van der Waals surface area (Å²) in [6.07, 6.45) is 0. The summed E-state index contributed by atoms with van der Waals surface area (Å²) in [5.74, 6) is 3.59. The van der Waals surface area contributed by atoms with Gasteiger partial charge in [-0.2, -0.15) is 0 Å². The molecule has 0 unspecified atom stereocenters. The van der Waals surface area contributed by atoms with Gasteiger partial charge in [-0.25, -0.2) is 15.0 Å². The van der Waals surface area contributed by atoms with E-state index in [9.17, 15) is 0 Å². The molecule has 2 heterocycles. The van der Waals surface area contributed by atoms with Crippen LogP contribution in [-0.2, 0) is 5.41 Å². The Morgan fingerprint density at radius 2 is 0.956 bits per heavy atom. The number of benzene rings is 6. The minimum atomic E-state index is -0.590. The molecule has 5 heteroatoms. The minimum Gasteiger partial charge on any atom is -0.457 e. The number of ether oxygens (including phenoxy) is 1. The van der Waals surface area contributed by atoms with Crippen LogP contribution in [0.25, 0.3) is 45.3 Å². The first-order valence-electron chi connectivity index (χ1n) is 15.0. The lowest BCUT2D eigenvalue weighted by molar-refractivity contribution is 0.436. The van der Waals surface area contributed by atoms with Crippen LogP contribution in [0.5, 0.6) is 11.5 Å². The molecule has 0 atom stereocenters. The summed E-state index contributed by atoms with van der Waals surface area (Å²) >= 11 is 0. The van der Waals surface area contributed by atoms with Crippen molar-refractivity contribution in [3.8, 4) is 56.8 Å². The van der Waals surface area contributed by atoms with Gasteiger partial charge in [0.05, 0.1) is 5.41 Å². The van der Waals surface area contributed by atoms with Crippen molar-refractivity contribution in [3.05, 3.63) is 168 Å². The fraction of sp³-hybridized carbons (Fsp3) is 0.0250. The largest absolute Gasteiger partial charge is 0.457 e. The Hall–Kier alpha value is -6.07. The van der Waals surface area contributed by atoms with E-state index in [4.69, 9.17) is 25.4 Å². The Labute approximate surface area is 260 Å².